The van der Waals surface area contributed by atoms with Crippen LogP contribution in [0.5, 0.6) is 0 Å². The Kier molecular flexibility index (Phi) is 2.78. The second-order valence-corrected chi connectivity index (χ2v) is 3.09. The smallest absolute Gasteiger partial charge is 0.282 e. The molecule has 0 atom stereocenters. The van der Waals surface area contributed by atoms with Crippen LogP contribution < -0.4 is 5.32 Å². The van der Waals surface area contributed by atoms with Gasteiger partial charge in [0.25, 0.3) is 5.92 Å². The van der Waals surface area contributed by atoms with E-state index < -0.39 is 19.1 Å². The third-order valence-electron chi connectivity index (χ3n) is 1.74. The second-order valence-electron chi connectivity index (χ2n) is 3.09. The Hall–Kier alpha value is -0.220. The van der Waals surface area contributed by atoms with E-state index in [9.17, 15) is 8.78 Å². The maximum Gasteiger partial charge on any atom is 0.282 e. The average molecular weight is 165 g/mol. The summed E-state index contributed by atoms with van der Waals surface area (Å²) >= 11 is 0. The summed E-state index contributed by atoms with van der Waals surface area (Å²) < 4.78 is 24.6. The van der Waals surface area contributed by atoms with E-state index in [1.54, 1.807) is 0 Å². The summed E-state index contributed by atoms with van der Waals surface area (Å²) in [5.74, 6) is -2.35. The lowest BCUT2D eigenvalue weighted by atomic mass is 10.3. The number of nitrogens with one attached hydrogen (secondary N) is 1. The van der Waals surface area contributed by atoms with Gasteiger partial charge in [0.2, 0.25) is 0 Å². The molecular formula is C7H13F2NO. The highest BCUT2D eigenvalue weighted by Crippen LogP contribution is 2.27. The van der Waals surface area contributed by atoms with Gasteiger partial charge in [0.05, 0.1) is 6.54 Å². The van der Waals surface area contributed by atoms with Crippen LogP contribution in [0.1, 0.15) is 12.8 Å². The lowest BCUT2D eigenvalue weighted by molar-refractivity contribution is -0.0475. The molecule has 1 aliphatic carbocycles. The van der Waals surface area contributed by atoms with Crippen LogP contribution in [0.15, 0.2) is 0 Å². The lowest BCUT2D eigenvalue weighted by Gasteiger charge is -2.13. The molecule has 0 bridgehead atoms. The molecule has 0 radical (unpaired) electrons. The maximum atomic E-state index is 12.3. The summed E-state index contributed by atoms with van der Waals surface area (Å²) in [6.45, 7) is -0.805. The van der Waals surface area contributed by atoms with Crippen molar-refractivity contribution < 1.29 is 13.9 Å². The molecular weight excluding hydrogens is 152 g/mol. The minimum Gasteiger partial charge on any atom is -0.390 e. The Morgan fingerprint density at radius 3 is 2.55 bits per heavy atom. The fourth-order valence-electron chi connectivity index (χ4n) is 0.837. The molecule has 1 aliphatic rings. The Labute approximate surface area is 64.6 Å². The van der Waals surface area contributed by atoms with E-state index in [1.165, 1.54) is 0 Å². The van der Waals surface area contributed by atoms with Crippen molar-refractivity contribution in [2.24, 2.45) is 5.92 Å². The van der Waals surface area contributed by atoms with Crippen LogP contribution in [-0.2, 0) is 0 Å². The third kappa shape index (κ3) is 3.62. The third-order valence-corrected chi connectivity index (χ3v) is 1.74. The maximum absolute atomic E-state index is 12.3. The van der Waals surface area contributed by atoms with Crippen molar-refractivity contribution in [3.63, 3.8) is 0 Å². The van der Waals surface area contributed by atoms with E-state index in [0.717, 1.165) is 12.8 Å². The summed E-state index contributed by atoms with van der Waals surface area (Å²) in [4.78, 5) is 0. The van der Waals surface area contributed by atoms with Gasteiger partial charge in [0.15, 0.2) is 0 Å². The minimum absolute atomic E-state index is 0.403. The van der Waals surface area contributed by atoms with Gasteiger partial charge in [-0.05, 0) is 25.3 Å². The van der Waals surface area contributed by atoms with Crippen LogP contribution >= 0.6 is 0 Å². The highest BCUT2D eigenvalue weighted by Gasteiger charge is 2.28. The number of aliphatic hydroxyl groups excluding tert-OH is 1. The van der Waals surface area contributed by atoms with Crippen molar-refractivity contribution in [2.75, 3.05) is 19.7 Å². The molecule has 0 heterocycles. The SMILES string of the molecule is OCC(F)(F)CNCC1CC1. The van der Waals surface area contributed by atoms with Gasteiger partial charge in [-0.25, -0.2) is 8.78 Å². The summed E-state index contributed by atoms with van der Waals surface area (Å²) in [6, 6.07) is 0. The van der Waals surface area contributed by atoms with E-state index >= 15 is 0 Å². The predicted molar refractivity (Wildman–Crippen MR) is 37.6 cm³/mol. The number of rotatable bonds is 5. The molecule has 1 saturated carbocycles. The van der Waals surface area contributed by atoms with Crippen molar-refractivity contribution in [1.29, 1.82) is 0 Å². The van der Waals surface area contributed by atoms with Crippen LogP contribution in [0.25, 0.3) is 0 Å². The number of halogens is 2. The Bertz CT molecular complexity index is 126. The van der Waals surface area contributed by atoms with Crippen molar-refractivity contribution in [3.05, 3.63) is 0 Å². The summed E-state index contributed by atoms with van der Waals surface area (Å²) in [5.41, 5.74) is 0. The molecule has 2 nitrogen and oxygen atoms in total. The summed E-state index contributed by atoms with van der Waals surface area (Å²) in [5, 5.41) is 10.8. The predicted octanol–water partition coefficient (Wildman–Crippen LogP) is 0.614. The Morgan fingerprint density at radius 2 is 2.09 bits per heavy atom. The zero-order valence-electron chi connectivity index (χ0n) is 6.32. The zero-order valence-corrected chi connectivity index (χ0v) is 6.32. The first kappa shape index (κ1) is 8.87. The molecule has 1 rings (SSSR count). The number of hydrogen-bond donors (Lipinski definition) is 2. The number of aliphatic hydroxyl groups is 1. The number of alkyl halides is 2. The van der Waals surface area contributed by atoms with Crippen molar-refractivity contribution in [3.8, 4) is 0 Å². The van der Waals surface area contributed by atoms with Crippen LogP contribution in [0.4, 0.5) is 8.78 Å². The number of hydrogen-bond acceptors (Lipinski definition) is 2. The van der Waals surface area contributed by atoms with Gasteiger partial charge in [-0.2, -0.15) is 0 Å². The second kappa shape index (κ2) is 3.45. The van der Waals surface area contributed by atoms with E-state index in [4.69, 9.17) is 5.11 Å². The van der Waals surface area contributed by atoms with Gasteiger partial charge in [-0.3, -0.25) is 0 Å². The van der Waals surface area contributed by atoms with Crippen molar-refractivity contribution in [1.82, 2.24) is 5.32 Å². The van der Waals surface area contributed by atoms with Crippen LogP contribution in [0.3, 0.4) is 0 Å². The monoisotopic (exact) mass is 165 g/mol. The first-order chi connectivity index (χ1) is 5.14. The van der Waals surface area contributed by atoms with E-state index in [2.05, 4.69) is 5.32 Å². The van der Waals surface area contributed by atoms with Gasteiger partial charge < -0.3 is 10.4 Å². The standard InChI is InChI=1S/C7H13F2NO/c8-7(9,5-11)4-10-3-6-1-2-6/h6,10-11H,1-5H2. The normalized spacial score (nSPS) is 18.8. The van der Waals surface area contributed by atoms with Crippen molar-refractivity contribution in [2.45, 2.75) is 18.8 Å². The van der Waals surface area contributed by atoms with Crippen LogP contribution in [0, 0.1) is 5.92 Å². The molecule has 66 valence electrons. The summed E-state index contributed by atoms with van der Waals surface area (Å²) in [6.07, 6.45) is 2.30. The molecule has 0 amide bonds. The van der Waals surface area contributed by atoms with Crippen LogP contribution in [0.2, 0.25) is 0 Å². The van der Waals surface area contributed by atoms with E-state index in [0.29, 0.717) is 12.5 Å². The zero-order chi connectivity index (χ0) is 8.32. The largest absolute Gasteiger partial charge is 0.390 e. The lowest BCUT2D eigenvalue weighted by Crippen LogP contribution is -2.36. The Balaban J connectivity index is 1.99. The van der Waals surface area contributed by atoms with Gasteiger partial charge >= 0.3 is 0 Å². The van der Waals surface area contributed by atoms with Gasteiger partial charge in [0, 0.05) is 0 Å². The molecule has 4 heteroatoms. The quantitative estimate of drug-likeness (QED) is 0.625. The molecule has 2 N–H and O–H groups in total. The molecule has 0 aromatic heterocycles. The first-order valence-corrected chi connectivity index (χ1v) is 3.83. The van der Waals surface area contributed by atoms with E-state index in [-0.39, 0.29) is 0 Å². The van der Waals surface area contributed by atoms with Gasteiger partial charge in [-0.1, -0.05) is 0 Å². The molecule has 0 unspecified atom stereocenters. The highest BCUT2D eigenvalue weighted by molar-refractivity contribution is 4.77. The molecule has 0 aromatic rings. The van der Waals surface area contributed by atoms with E-state index in [1.807, 2.05) is 0 Å². The molecule has 0 aliphatic heterocycles. The van der Waals surface area contributed by atoms with Crippen molar-refractivity contribution >= 4 is 0 Å². The molecule has 11 heavy (non-hydrogen) atoms. The fraction of sp³-hybridized carbons (Fsp3) is 1.00. The average Bonchev–Trinajstić information content (AvgIpc) is 2.71. The molecule has 0 spiro atoms. The minimum atomic E-state index is -2.95. The topological polar surface area (TPSA) is 32.3 Å². The van der Waals surface area contributed by atoms with Gasteiger partial charge in [-0.15, -0.1) is 0 Å². The first-order valence-electron chi connectivity index (χ1n) is 3.83. The highest BCUT2D eigenvalue weighted by atomic mass is 19.3. The summed E-state index contributed by atoms with van der Waals surface area (Å²) in [7, 11) is 0. The molecule has 0 saturated heterocycles. The van der Waals surface area contributed by atoms with Crippen LogP contribution in [-0.4, -0.2) is 30.7 Å². The Morgan fingerprint density at radius 1 is 1.45 bits per heavy atom. The van der Waals surface area contributed by atoms with Gasteiger partial charge in [0.1, 0.15) is 6.61 Å². The molecule has 1 fully saturated rings. The fourth-order valence-corrected chi connectivity index (χ4v) is 0.837. The molecule has 0 aromatic carbocycles.